The smallest absolute Gasteiger partial charge is 0.243 e. The zero-order chi connectivity index (χ0) is 15.1. The number of rotatable bonds is 8. The van der Waals surface area contributed by atoms with E-state index in [1.54, 1.807) is 23.3 Å². The van der Waals surface area contributed by atoms with E-state index < -0.39 is 10.0 Å². The molecule has 0 spiro atoms. The van der Waals surface area contributed by atoms with Crippen LogP contribution in [0.15, 0.2) is 36.0 Å². The Kier molecular flexibility index (Phi) is 5.23. The van der Waals surface area contributed by atoms with Crippen LogP contribution < -0.4 is 10.0 Å². The summed E-state index contributed by atoms with van der Waals surface area (Å²) in [6.45, 7) is 3.55. The minimum Gasteiger partial charge on any atom is -0.354 e. The van der Waals surface area contributed by atoms with Gasteiger partial charge in [-0.3, -0.25) is 0 Å². The maximum absolute atomic E-state index is 12.0. The van der Waals surface area contributed by atoms with Crippen LogP contribution in [-0.2, 0) is 16.6 Å². The third kappa shape index (κ3) is 4.50. The zero-order valence-electron chi connectivity index (χ0n) is 11.7. The van der Waals surface area contributed by atoms with Gasteiger partial charge in [-0.05, 0) is 6.42 Å². The van der Waals surface area contributed by atoms with Crippen molar-refractivity contribution in [2.24, 2.45) is 0 Å². The second-order valence-corrected chi connectivity index (χ2v) is 6.13. The summed E-state index contributed by atoms with van der Waals surface area (Å²) >= 11 is 0. The maximum Gasteiger partial charge on any atom is 0.243 e. The first-order valence-corrected chi connectivity index (χ1v) is 8.11. The van der Waals surface area contributed by atoms with Gasteiger partial charge >= 0.3 is 0 Å². The fourth-order valence-electron chi connectivity index (χ4n) is 1.59. The van der Waals surface area contributed by atoms with Crippen LogP contribution >= 0.6 is 0 Å². The summed E-state index contributed by atoms with van der Waals surface area (Å²) < 4.78 is 28.4. The van der Waals surface area contributed by atoms with Crippen molar-refractivity contribution in [3.8, 4) is 0 Å². The molecule has 21 heavy (non-hydrogen) atoms. The molecular formula is C12H18N6O2S. The molecule has 114 valence electrons. The Balaban J connectivity index is 1.92. The number of imidazole rings is 1. The average molecular weight is 310 g/mol. The highest BCUT2D eigenvalue weighted by Crippen LogP contribution is 2.07. The molecule has 2 aromatic heterocycles. The van der Waals surface area contributed by atoms with Gasteiger partial charge in [-0.15, -0.1) is 0 Å². The Labute approximate surface area is 123 Å². The molecule has 0 aliphatic carbocycles. The number of sulfonamides is 1. The van der Waals surface area contributed by atoms with Crippen LogP contribution in [0, 0.1) is 0 Å². The van der Waals surface area contributed by atoms with Crippen LogP contribution in [0.5, 0.6) is 0 Å². The van der Waals surface area contributed by atoms with E-state index in [0.29, 0.717) is 12.5 Å². The first-order chi connectivity index (χ1) is 10.1. The number of aromatic nitrogens is 4. The molecule has 0 saturated carbocycles. The van der Waals surface area contributed by atoms with Gasteiger partial charge in [-0.1, -0.05) is 6.92 Å². The van der Waals surface area contributed by atoms with E-state index in [1.165, 1.54) is 12.4 Å². The number of hydrogen-bond acceptors (Lipinski definition) is 6. The summed E-state index contributed by atoms with van der Waals surface area (Å²) in [5.74, 6) is 0.425. The summed E-state index contributed by atoms with van der Waals surface area (Å²) in [7, 11) is -3.59. The Morgan fingerprint density at radius 1 is 1.24 bits per heavy atom. The largest absolute Gasteiger partial charge is 0.354 e. The zero-order valence-corrected chi connectivity index (χ0v) is 12.5. The molecule has 0 aliphatic rings. The lowest BCUT2D eigenvalue weighted by atomic mass is 10.5. The molecule has 0 fully saturated rings. The first-order valence-electron chi connectivity index (χ1n) is 6.63. The second-order valence-electron chi connectivity index (χ2n) is 4.37. The SMILES string of the molecule is CCCNc1ncc(S(=O)(=O)NCCn2ccnc2)cn1. The van der Waals surface area contributed by atoms with Crippen LogP contribution in [0.25, 0.3) is 0 Å². The Morgan fingerprint density at radius 3 is 2.62 bits per heavy atom. The van der Waals surface area contributed by atoms with Gasteiger partial charge in [0, 0.05) is 32.0 Å². The quantitative estimate of drug-likeness (QED) is 0.735. The maximum atomic E-state index is 12.0. The number of nitrogens with zero attached hydrogens (tertiary/aromatic N) is 4. The first kappa shape index (κ1) is 15.4. The fraction of sp³-hybridized carbons (Fsp3) is 0.417. The third-order valence-corrected chi connectivity index (χ3v) is 4.11. The van der Waals surface area contributed by atoms with E-state index in [9.17, 15) is 8.42 Å². The summed E-state index contributed by atoms with van der Waals surface area (Å²) in [6, 6.07) is 0. The Bertz CT molecular complexity index is 639. The van der Waals surface area contributed by atoms with Crippen LogP contribution in [0.4, 0.5) is 5.95 Å². The lowest BCUT2D eigenvalue weighted by Crippen LogP contribution is -2.27. The third-order valence-electron chi connectivity index (χ3n) is 2.69. The van der Waals surface area contributed by atoms with Crippen molar-refractivity contribution in [2.45, 2.75) is 24.8 Å². The molecule has 0 atom stereocenters. The normalized spacial score (nSPS) is 11.5. The summed E-state index contributed by atoms with van der Waals surface area (Å²) in [4.78, 5) is 11.9. The predicted octanol–water partition coefficient (Wildman–Crippen LogP) is 0.473. The van der Waals surface area contributed by atoms with Gasteiger partial charge in [-0.25, -0.2) is 28.1 Å². The van der Waals surface area contributed by atoms with Crippen LogP contribution in [0.1, 0.15) is 13.3 Å². The highest BCUT2D eigenvalue weighted by atomic mass is 32.2. The van der Waals surface area contributed by atoms with E-state index in [-0.39, 0.29) is 11.4 Å². The molecule has 0 amide bonds. The highest BCUT2D eigenvalue weighted by molar-refractivity contribution is 7.89. The van der Waals surface area contributed by atoms with Crippen molar-refractivity contribution in [1.82, 2.24) is 24.2 Å². The van der Waals surface area contributed by atoms with Crippen molar-refractivity contribution in [1.29, 1.82) is 0 Å². The average Bonchev–Trinajstić information content (AvgIpc) is 2.98. The van der Waals surface area contributed by atoms with Crippen LogP contribution in [-0.4, -0.2) is 41.0 Å². The minimum absolute atomic E-state index is 0.0511. The van der Waals surface area contributed by atoms with Gasteiger partial charge in [-0.2, -0.15) is 0 Å². The van der Waals surface area contributed by atoms with Crippen LogP contribution in [0.3, 0.4) is 0 Å². The van der Waals surface area contributed by atoms with E-state index in [0.717, 1.165) is 13.0 Å². The van der Waals surface area contributed by atoms with E-state index in [2.05, 4.69) is 25.0 Å². The van der Waals surface area contributed by atoms with Crippen molar-refractivity contribution in [3.05, 3.63) is 31.1 Å². The molecule has 0 aliphatic heterocycles. The fourth-order valence-corrected chi connectivity index (χ4v) is 2.50. The molecule has 0 aromatic carbocycles. The molecule has 0 radical (unpaired) electrons. The van der Waals surface area contributed by atoms with Gasteiger partial charge in [0.2, 0.25) is 16.0 Å². The van der Waals surface area contributed by atoms with Crippen molar-refractivity contribution in [3.63, 3.8) is 0 Å². The Hall–Kier alpha value is -2.00. The van der Waals surface area contributed by atoms with E-state index in [1.807, 2.05) is 6.92 Å². The standard InChI is InChI=1S/C12H18N6O2S/c1-2-3-14-12-15-8-11(9-16-12)21(19,20)17-5-7-18-6-4-13-10-18/h4,6,8-10,17H,2-3,5,7H2,1H3,(H,14,15,16). The van der Waals surface area contributed by atoms with Crippen molar-refractivity contribution < 1.29 is 8.42 Å². The van der Waals surface area contributed by atoms with E-state index >= 15 is 0 Å². The molecule has 2 N–H and O–H groups in total. The monoisotopic (exact) mass is 310 g/mol. The topological polar surface area (TPSA) is 102 Å². The minimum atomic E-state index is -3.59. The summed E-state index contributed by atoms with van der Waals surface area (Å²) in [6.07, 6.45) is 8.58. The van der Waals surface area contributed by atoms with Gasteiger partial charge in [0.15, 0.2) is 0 Å². The predicted molar refractivity (Wildman–Crippen MR) is 78.2 cm³/mol. The molecule has 9 heteroatoms. The molecule has 0 unspecified atom stereocenters. The highest BCUT2D eigenvalue weighted by Gasteiger charge is 2.14. The lowest BCUT2D eigenvalue weighted by Gasteiger charge is -2.07. The molecular weight excluding hydrogens is 292 g/mol. The second kappa shape index (κ2) is 7.14. The lowest BCUT2D eigenvalue weighted by molar-refractivity contribution is 0.572. The molecule has 2 rings (SSSR count). The van der Waals surface area contributed by atoms with Crippen molar-refractivity contribution in [2.75, 3.05) is 18.4 Å². The Morgan fingerprint density at radius 2 is 2.00 bits per heavy atom. The molecule has 8 nitrogen and oxygen atoms in total. The molecule has 2 heterocycles. The van der Waals surface area contributed by atoms with Crippen LogP contribution in [0.2, 0.25) is 0 Å². The summed E-state index contributed by atoms with van der Waals surface area (Å²) in [5.41, 5.74) is 0. The van der Waals surface area contributed by atoms with Gasteiger partial charge < -0.3 is 9.88 Å². The van der Waals surface area contributed by atoms with E-state index in [4.69, 9.17) is 0 Å². The number of anilines is 1. The van der Waals surface area contributed by atoms with Gasteiger partial charge in [0.25, 0.3) is 0 Å². The number of nitrogens with one attached hydrogen (secondary N) is 2. The molecule has 0 saturated heterocycles. The van der Waals surface area contributed by atoms with Gasteiger partial charge in [0.05, 0.1) is 18.7 Å². The molecule has 0 bridgehead atoms. The number of hydrogen-bond donors (Lipinski definition) is 2. The summed E-state index contributed by atoms with van der Waals surface area (Å²) in [5, 5.41) is 2.99. The van der Waals surface area contributed by atoms with Gasteiger partial charge in [0.1, 0.15) is 4.90 Å². The van der Waals surface area contributed by atoms with Crippen molar-refractivity contribution >= 4 is 16.0 Å². The molecule has 2 aromatic rings.